The van der Waals surface area contributed by atoms with E-state index in [1.807, 2.05) is 10.9 Å². The van der Waals surface area contributed by atoms with Crippen LogP contribution in [0.4, 0.5) is 5.82 Å². The fourth-order valence-electron chi connectivity index (χ4n) is 2.31. The van der Waals surface area contributed by atoms with E-state index in [0.717, 1.165) is 36.2 Å². The Bertz CT molecular complexity index is 592. The van der Waals surface area contributed by atoms with Crippen molar-refractivity contribution in [2.75, 3.05) is 12.0 Å². The van der Waals surface area contributed by atoms with Crippen LogP contribution in [0.25, 0.3) is 11.4 Å². The van der Waals surface area contributed by atoms with Gasteiger partial charge < -0.3 is 10.2 Å². The van der Waals surface area contributed by atoms with Crippen molar-refractivity contribution >= 4 is 5.82 Å². The Morgan fingerprint density at radius 1 is 1.45 bits per heavy atom. The van der Waals surface area contributed by atoms with Crippen molar-refractivity contribution < 1.29 is 4.74 Å². The van der Waals surface area contributed by atoms with Gasteiger partial charge in [-0.2, -0.15) is 5.10 Å². The highest BCUT2D eigenvalue weighted by molar-refractivity contribution is 5.58. The summed E-state index contributed by atoms with van der Waals surface area (Å²) in [5, 5.41) is 4.31. The normalized spacial score (nSPS) is 14.1. The molecular formula is C13H18N6O. The van der Waals surface area contributed by atoms with Gasteiger partial charge in [0, 0.05) is 24.7 Å². The molecule has 7 nitrogen and oxygen atoms in total. The lowest BCUT2D eigenvalue weighted by Crippen LogP contribution is -2.19. The first-order valence-corrected chi connectivity index (χ1v) is 6.78. The molecule has 0 bridgehead atoms. The molecule has 0 atom stereocenters. The molecule has 2 aromatic heterocycles. The van der Waals surface area contributed by atoms with Crippen molar-refractivity contribution in [3.8, 4) is 11.4 Å². The zero-order valence-corrected chi connectivity index (χ0v) is 11.5. The number of aromatic nitrogens is 4. The lowest BCUT2D eigenvalue weighted by Gasteiger charge is -2.18. The molecule has 3 heterocycles. The van der Waals surface area contributed by atoms with Gasteiger partial charge in [-0.1, -0.05) is 6.92 Å². The van der Waals surface area contributed by atoms with Crippen LogP contribution in [0, 0.1) is 0 Å². The van der Waals surface area contributed by atoms with Gasteiger partial charge in [-0.15, -0.1) is 0 Å². The maximum atomic E-state index is 5.56. The average Bonchev–Trinajstić information content (AvgIpc) is 2.95. The van der Waals surface area contributed by atoms with Crippen molar-refractivity contribution in [1.82, 2.24) is 19.7 Å². The van der Waals surface area contributed by atoms with E-state index in [4.69, 9.17) is 10.6 Å². The van der Waals surface area contributed by atoms with Gasteiger partial charge in [0.25, 0.3) is 0 Å². The van der Waals surface area contributed by atoms with Gasteiger partial charge in [0.05, 0.1) is 30.7 Å². The Kier molecular flexibility index (Phi) is 3.62. The lowest BCUT2D eigenvalue weighted by atomic mass is 10.1. The number of hydrogen-bond acceptors (Lipinski definition) is 6. The van der Waals surface area contributed by atoms with Crippen LogP contribution in [-0.2, 0) is 24.3 Å². The number of nitrogens with two attached hydrogens (primary N) is 1. The number of rotatable bonds is 4. The van der Waals surface area contributed by atoms with Gasteiger partial charge in [-0.3, -0.25) is 4.68 Å². The first-order chi connectivity index (χ1) is 9.81. The first kappa shape index (κ1) is 13.0. The molecule has 0 fully saturated rings. The molecule has 1 aliphatic rings. The highest BCUT2D eigenvalue weighted by atomic mass is 16.5. The van der Waals surface area contributed by atoms with Crippen molar-refractivity contribution in [2.24, 2.45) is 5.84 Å². The average molecular weight is 274 g/mol. The third kappa shape index (κ3) is 2.37. The van der Waals surface area contributed by atoms with Crippen LogP contribution in [0.15, 0.2) is 12.4 Å². The molecule has 3 rings (SSSR count). The Labute approximate surface area is 117 Å². The molecule has 106 valence electrons. The summed E-state index contributed by atoms with van der Waals surface area (Å²) < 4.78 is 7.33. The van der Waals surface area contributed by atoms with Gasteiger partial charge >= 0.3 is 0 Å². The van der Waals surface area contributed by atoms with E-state index < -0.39 is 0 Å². The van der Waals surface area contributed by atoms with Crippen LogP contribution in [-0.4, -0.2) is 26.4 Å². The van der Waals surface area contributed by atoms with Gasteiger partial charge in [0.1, 0.15) is 5.82 Å². The predicted octanol–water partition coefficient (Wildman–Crippen LogP) is 1.11. The summed E-state index contributed by atoms with van der Waals surface area (Å²) >= 11 is 0. The van der Waals surface area contributed by atoms with Gasteiger partial charge in [-0.25, -0.2) is 15.8 Å². The van der Waals surface area contributed by atoms with Crippen LogP contribution in [0.2, 0.25) is 0 Å². The van der Waals surface area contributed by atoms with E-state index >= 15 is 0 Å². The second kappa shape index (κ2) is 5.56. The maximum absolute atomic E-state index is 5.56. The minimum absolute atomic E-state index is 0.504. The van der Waals surface area contributed by atoms with Gasteiger partial charge in [0.15, 0.2) is 5.82 Å². The number of anilines is 1. The van der Waals surface area contributed by atoms with E-state index in [0.29, 0.717) is 24.9 Å². The fourth-order valence-corrected chi connectivity index (χ4v) is 2.31. The van der Waals surface area contributed by atoms with E-state index in [9.17, 15) is 0 Å². The number of fused-ring (bicyclic) bond motifs is 1. The quantitative estimate of drug-likeness (QED) is 0.641. The lowest BCUT2D eigenvalue weighted by molar-refractivity contribution is 0.109. The summed E-state index contributed by atoms with van der Waals surface area (Å²) in [6, 6.07) is 0. The highest BCUT2D eigenvalue weighted by Crippen LogP contribution is 2.25. The van der Waals surface area contributed by atoms with E-state index in [2.05, 4.69) is 27.4 Å². The Balaban J connectivity index is 2.00. The SMILES string of the molecule is CCCn1cc(-c2nc3c(c(NN)n2)COCC3)cn1. The summed E-state index contributed by atoms with van der Waals surface area (Å²) in [6.07, 6.45) is 5.57. The number of nitrogen functional groups attached to an aromatic ring is 1. The Morgan fingerprint density at radius 2 is 2.35 bits per heavy atom. The third-order valence-electron chi connectivity index (χ3n) is 3.30. The molecule has 3 N–H and O–H groups in total. The van der Waals surface area contributed by atoms with Gasteiger partial charge in [0.2, 0.25) is 0 Å². The molecule has 0 unspecified atom stereocenters. The molecule has 1 aliphatic heterocycles. The van der Waals surface area contributed by atoms with Crippen molar-refractivity contribution in [3.05, 3.63) is 23.7 Å². The summed E-state index contributed by atoms with van der Waals surface area (Å²) in [5.41, 5.74) is 5.49. The Morgan fingerprint density at radius 3 is 3.15 bits per heavy atom. The molecule has 0 saturated heterocycles. The summed E-state index contributed by atoms with van der Waals surface area (Å²) in [4.78, 5) is 9.09. The van der Waals surface area contributed by atoms with Crippen LogP contribution in [0.5, 0.6) is 0 Å². The number of nitrogens with zero attached hydrogens (tertiary/aromatic N) is 4. The zero-order valence-electron chi connectivity index (χ0n) is 11.5. The summed E-state index contributed by atoms with van der Waals surface area (Å²) in [5.74, 6) is 6.84. The molecule has 0 radical (unpaired) electrons. The zero-order chi connectivity index (χ0) is 13.9. The topological polar surface area (TPSA) is 90.9 Å². The third-order valence-corrected chi connectivity index (χ3v) is 3.30. The second-order valence-electron chi connectivity index (χ2n) is 4.76. The smallest absolute Gasteiger partial charge is 0.165 e. The number of aryl methyl sites for hydroxylation is 1. The molecule has 0 aliphatic carbocycles. The van der Waals surface area contributed by atoms with Crippen molar-refractivity contribution in [1.29, 1.82) is 0 Å². The second-order valence-corrected chi connectivity index (χ2v) is 4.76. The largest absolute Gasteiger partial charge is 0.376 e. The molecular weight excluding hydrogens is 256 g/mol. The summed E-state index contributed by atoms with van der Waals surface area (Å²) in [6.45, 7) is 4.20. The van der Waals surface area contributed by atoms with Crippen LogP contribution >= 0.6 is 0 Å². The maximum Gasteiger partial charge on any atom is 0.165 e. The summed E-state index contributed by atoms with van der Waals surface area (Å²) in [7, 11) is 0. The molecule has 0 amide bonds. The van der Waals surface area contributed by atoms with E-state index in [-0.39, 0.29) is 0 Å². The monoisotopic (exact) mass is 274 g/mol. The minimum atomic E-state index is 0.504. The number of nitrogens with one attached hydrogen (secondary N) is 1. The molecule has 0 aromatic carbocycles. The van der Waals surface area contributed by atoms with Crippen LogP contribution < -0.4 is 11.3 Å². The fraction of sp³-hybridized carbons (Fsp3) is 0.462. The number of ether oxygens (including phenoxy) is 1. The number of hydrogen-bond donors (Lipinski definition) is 2. The van der Waals surface area contributed by atoms with Crippen molar-refractivity contribution in [2.45, 2.75) is 32.9 Å². The molecule has 7 heteroatoms. The number of hydrazine groups is 1. The highest BCUT2D eigenvalue weighted by Gasteiger charge is 2.19. The standard InChI is InChI=1S/C13H18N6O/c1-2-4-19-7-9(6-15-19)12-16-11-3-5-20-8-10(11)13(17-12)18-14/h6-7H,2-5,8,14H2,1H3,(H,16,17,18). The first-order valence-electron chi connectivity index (χ1n) is 6.78. The van der Waals surface area contributed by atoms with Crippen LogP contribution in [0.1, 0.15) is 24.6 Å². The van der Waals surface area contributed by atoms with Crippen molar-refractivity contribution in [3.63, 3.8) is 0 Å². The molecule has 2 aromatic rings. The molecule has 0 saturated carbocycles. The molecule has 20 heavy (non-hydrogen) atoms. The predicted molar refractivity (Wildman–Crippen MR) is 74.7 cm³/mol. The van der Waals surface area contributed by atoms with E-state index in [1.165, 1.54) is 0 Å². The van der Waals surface area contributed by atoms with Gasteiger partial charge in [-0.05, 0) is 6.42 Å². The van der Waals surface area contributed by atoms with Crippen LogP contribution in [0.3, 0.4) is 0 Å². The molecule has 0 spiro atoms. The van der Waals surface area contributed by atoms with E-state index in [1.54, 1.807) is 6.20 Å². The minimum Gasteiger partial charge on any atom is -0.376 e. The Hall–Kier alpha value is -1.99.